The lowest BCUT2D eigenvalue weighted by molar-refractivity contribution is -0.176. The largest absolute Gasteiger partial charge is 0.460 e. The number of carbonyl (C=O) groups excluding carboxylic acids is 2. The van der Waals surface area contributed by atoms with Crippen molar-refractivity contribution in [1.82, 2.24) is 0 Å². The van der Waals surface area contributed by atoms with E-state index in [-0.39, 0.29) is 18.5 Å². The zero-order chi connectivity index (χ0) is 21.0. The van der Waals surface area contributed by atoms with Crippen molar-refractivity contribution in [2.75, 3.05) is 5.32 Å². The third-order valence-corrected chi connectivity index (χ3v) is 3.68. The quantitative estimate of drug-likeness (QED) is 0.573. The molecule has 0 aromatic heterocycles. The Balaban J connectivity index is 2.79. The van der Waals surface area contributed by atoms with E-state index >= 15 is 0 Å². The van der Waals surface area contributed by atoms with Gasteiger partial charge in [0.1, 0.15) is 11.4 Å². The van der Waals surface area contributed by atoms with Crippen molar-refractivity contribution in [3.8, 4) is 0 Å². The van der Waals surface area contributed by atoms with Gasteiger partial charge in [-0.25, -0.2) is 4.39 Å². The number of alkyl halides is 3. The van der Waals surface area contributed by atoms with E-state index in [1.807, 2.05) is 0 Å². The first-order valence-corrected chi connectivity index (χ1v) is 8.34. The molecular formula is C18H24F4N2O3. The Morgan fingerprint density at radius 2 is 1.81 bits per heavy atom. The number of carbonyl (C=O) groups is 2. The van der Waals surface area contributed by atoms with Gasteiger partial charge in [-0.05, 0) is 44.9 Å². The third kappa shape index (κ3) is 7.54. The lowest BCUT2D eigenvalue weighted by Crippen LogP contribution is -2.46. The number of ether oxygens (including phenoxy) is 1. The number of nitrogens with two attached hydrogens (primary N) is 1. The summed E-state index contributed by atoms with van der Waals surface area (Å²) in [4.78, 5) is 23.6. The molecule has 0 aliphatic carbocycles. The Bertz CT molecular complexity index is 684. The van der Waals surface area contributed by atoms with Crippen LogP contribution in [0.5, 0.6) is 0 Å². The SMILES string of the molecule is CC([C@H](N)C(=O)Nc1cc(CCC(=O)OC(C)(C)C)ccc1F)C(F)(F)F. The Morgan fingerprint density at radius 1 is 1.22 bits per heavy atom. The Morgan fingerprint density at radius 3 is 2.33 bits per heavy atom. The van der Waals surface area contributed by atoms with Crippen LogP contribution in [0.1, 0.15) is 39.7 Å². The number of hydrogen-bond donors (Lipinski definition) is 2. The molecule has 0 fully saturated rings. The van der Waals surface area contributed by atoms with Crippen LogP contribution in [-0.2, 0) is 20.7 Å². The minimum absolute atomic E-state index is 0.0287. The molecule has 0 aliphatic heterocycles. The summed E-state index contributed by atoms with van der Waals surface area (Å²) in [5, 5.41) is 2.07. The summed E-state index contributed by atoms with van der Waals surface area (Å²) in [5.74, 6) is -4.51. The van der Waals surface area contributed by atoms with Crippen LogP contribution in [0.15, 0.2) is 18.2 Å². The molecular weight excluding hydrogens is 368 g/mol. The van der Waals surface area contributed by atoms with E-state index in [1.165, 1.54) is 12.1 Å². The smallest absolute Gasteiger partial charge is 0.393 e. The Kier molecular flexibility index (Phi) is 7.36. The van der Waals surface area contributed by atoms with Gasteiger partial charge in [-0.15, -0.1) is 0 Å². The van der Waals surface area contributed by atoms with E-state index in [0.29, 0.717) is 5.56 Å². The number of amides is 1. The highest BCUT2D eigenvalue weighted by Crippen LogP contribution is 2.28. The number of halogens is 4. The lowest BCUT2D eigenvalue weighted by Gasteiger charge is -2.22. The standard InChI is InChI=1S/C18H24F4N2O3/c1-10(18(20,21)22)15(23)16(26)24-13-9-11(5-7-12(13)19)6-8-14(25)27-17(2,3)4/h5,7,9-10,15H,6,8,23H2,1-4H3,(H,24,26)/t10?,15-/m0/s1. The van der Waals surface area contributed by atoms with Gasteiger partial charge in [0.15, 0.2) is 0 Å². The zero-order valence-electron chi connectivity index (χ0n) is 15.6. The normalized spacial score (nSPS) is 14.4. The fraction of sp³-hybridized carbons (Fsp3) is 0.556. The molecule has 1 unspecified atom stereocenters. The average molecular weight is 392 g/mol. The van der Waals surface area contributed by atoms with Crippen molar-refractivity contribution in [2.24, 2.45) is 11.7 Å². The molecule has 27 heavy (non-hydrogen) atoms. The molecule has 0 saturated carbocycles. The first kappa shape index (κ1) is 22.9. The van der Waals surface area contributed by atoms with Gasteiger partial charge in [0.05, 0.1) is 17.6 Å². The van der Waals surface area contributed by atoms with E-state index < -0.39 is 41.4 Å². The predicted molar refractivity (Wildman–Crippen MR) is 92.4 cm³/mol. The summed E-state index contributed by atoms with van der Waals surface area (Å²) in [6.07, 6.45) is -4.41. The van der Waals surface area contributed by atoms with Gasteiger partial charge in [-0.2, -0.15) is 13.2 Å². The van der Waals surface area contributed by atoms with Crippen LogP contribution in [0.3, 0.4) is 0 Å². The molecule has 9 heteroatoms. The minimum atomic E-state index is -4.65. The molecule has 3 N–H and O–H groups in total. The van der Waals surface area contributed by atoms with E-state index in [9.17, 15) is 27.2 Å². The molecule has 0 spiro atoms. The van der Waals surface area contributed by atoms with Gasteiger partial charge in [0, 0.05) is 6.42 Å². The highest BCUT2D eigenvalue weighted by Gasteiger charge is 2.42. The summed E-state index contributed by atoms with van der Waals surface area (Å²) < 4.78 is 57.0. The van der Waals surface area contributed by atoms with Crippen molar-refractivity contribution in [3.63, 3.8) is 0 Å². The van der Waals surface area contributed by atoms with Crippen molar-refractivity contribution < 1.29 is 31.9 Å². The summed E-state index contributed by atoms with van der Waals surface area (Å²) in [7, 11) is 0. The molecule has 0 heterocycles. The van der Waals surface area contributed by atoms with Gasteiger partial charge in [0.25, 0.3) is 0 Å². The van der Waals surface area contributed by atoms with Gasteiger partial charge >= 0.3 is 12.1 Å². The molecule has 1 aromatic carbocycles. The van der Waals surface area contributed by atoms with Crippen LogP contribution in [0.25, 0.3) is 0 Å². The molecule has 5 nitrogen and oxygen atoms in total. The van der Waals surface area contributed by atoms with E-state index in [1.54, 1.807) is 20.8 Å². The highest BCUT2D eigenvalue weighted by atomic mass is 19.4. The molecule has 0 radical (unpaired) electrons. The second-order valence-electron chi connectivity index (χ2n) is 7.25. The molecule has 152 valence electrons. The molecule has 1 amide bonds. The van der Waals surface area contributed by atoms with Crippen molar-refractivity contribution in [1.29, 1.82) is 0 Å². The van der Waals surface area contributed by atoms with E-state index in [2.05, 4.69) is 5.32 Å². The molecule has 0 aliphatic rings. The summed E-state index contributed by atoms with van der Waals surface area (Å²) in [6, 6.07) is 1.84. The topological polar surface area (TPSA) is 81.4 Å². The third-order valence-electron chi connectivity index (χ3n) is 3.68. The summed E-state index contributed by atoms with van der Waals surface area (Å²) in [5.41, 5.74) is 4.90. The zero-order valence-corrected chi connectivity index (χ0v) is 15.6. The van der Waals surface area contributed by atoms with Crippen LogP contribution in [0.4, 0.5) is 23.2 Å². The number of nitrogens with one attached hydrogen (secondary N) is 1. The Labute approximate surface area is 155 Å². The van der Waals surface area contributed by atoms with Gasteiger partial charge in [0.2, 0.25) is 5.91 Å². The van der Waals surface area contributed by atoms with Crippen LogP contribution < -0.4 is 11.1 Å². The highest BCUT2D eigenvalue weighted by molar-refractivity contribution is 5.95. The van der Waals surface area contributed by atoms with Crippen LogP contribution in [-0.4, -0.2) is 29.7 Å². The average Bonchev–Trinajstić information content (AvgIpc) is 2.51. The first-order chi connectivity index (χ1) is 12.2. The summed E-state index contributed by atoms with van der Waals surface area (Å²) >= 11 is 0. The van der Waals surface area contributed by atoms with Crippen LogP contribution in [0, 0.1) is 11.7 Å². The first-order valence-electron chi connectivity index (χ1n) is 8.34. The van der Waals surface area contributed by atoms with Crippen LogP contribution in [0.2, 0.25) is 0 Å². The van der Waals surface area contributed by atoms with Gasteiger partial charge in [-0.3, -0.25) is 9.59 Å². The molecule has 0 saturated heterocycles. The van der Waals surface area contributed by atoms with Gasteiger partial charge < -0.3 is 15.8 Å². The number of benzene rings is 1. The van der Waals surface area contributed by atoms with Crippen molar-refractivity contribution >= 4 is 17.6 Å². The predicted octanol–water partition coefficient (Wildman–Crippen LogP) is 3.56. The lowest BCUT2D eigenvalue weighted by atomic mass is 10.0. The van der Waals surface area contributed by atoms with E-state index in [0.717, 1.165) is 13.0 Å². The van der Waals surface area contributed by atoms with Crippen molar-refractivity contribution in [3.05, 3.63) is 29.6 Å². The number of rotatable bonds is 6. The maximum Gasteiger partial charge on any atom is 0.393 e. The molecule has 1 aromatic rings. The number of aryl methyl sites for hydroxylation is 1. The fourth-order valence-corrected chi connectivity index (χ4v) is 2.11. The second-order valence-corrected chi connectivity index (χ2v) is 7.25. The fourth-order valence-electron chi connectivity index (χ4n) is 2.11. The Hall–Kier alpha value is -2.16. The number of hydrogen-bond acceptors (Lipinski definition) is 4. The monoisotopic (exact) mass is 392 g/mol. The minimum Gasteiger partial charge on any atom is -0.460 e. The van der Waals surface area contributed by atoms with Gasteiger partial charge in [-0.1, -0.05) is 13.0 Å². The molecule has 2 atom stereocenters. The maximum absolute atomic E-state index is 13.9. The second kappa shape index (κ2) is 8.69. The molecule has 0 bridgehead atoms. The maximum atomic E-state index is 13.9. The number of esters is 1. The molecule has 1 rings (SSSR count). The van der Waals surface area contributed by atoms with E-state index in [4.69, 9.17) is 10.5 Å². The van der Waals surface area contributed by atoms with Crippen LogP contribution >= 0.6 is 0 Å². The summed E-state index contributed by atoms with van der Waals surface area (Å²) in [6.45, 7) is 5.95. The number of anilines is 1. The van der Waals surface area contributed by atoms with Crippen molar-refractivity contribution in [2.45, 2.75) is 58.4 Å².